The second-order valence-electron chi connectivity index (χ2n) is 8.46. The molecule has 3 atom stereocenters. The molecule has 2 aromatic rings. The number of piperidine rings is 1. The van der Waals surface area contributed by atoms with Crippen LogP contribution in [0.15, 0.2) is 42.5 Å². The van der Waals surface area contributed by atoms with Crippen molar-refractivity contribution in [1.82, 2.24) is 9.80 Å². The highest BCUT2D eigenvalue weighted by Gasteiger charge is 2.40. The van der Waals surface area contributed by atoms with Crippen molar-refractivity contribution in [2.75, 3.05) is 19.6 Å². The van der Waals surface area contributed by atoms with Crippen LogP contribution in [0.1, 0.15) is 41.0 Å². The zero-order chi connectivity index (χ0) is 20.5. The molecule has 154 valence electrons. The summed E-state index contributed by atoms with van der Waals surface area (Å²) in [4.78, 5) is 16.7. The largest absolute Gasteiger partial charge is 0.337 e. The maximum Gasteiger partial charge on any atom is 0.240 e. The predicted molar refractivity (Wildman–Crippen MR) is 110 cm³/mol. The van der Waals surface area contributed by atoms with Crippen LogP contribution in [0.5, 0.6) is 0 Å². The molecule has 2 aromatic carbocycles. The van der Waals surface area contributed by atoms with E-state index in [4.69, 9.17) is 0 Å². The summed E-state index contributed by atoms with van der Waals surface area (Å²) in [5, 5.41) is 0. The van der Waals surface area contributed by atoms with Crippen LogP contribution >= 0.6 is 0 Å². The first kappa shape index (κ1) is 20.0. The summed E-state index contributed by atoms with van der Waals surface area (Å²) in [6.07, 6.45) is 0.450. The second kappa shape index (κ2) is 8.23. The Labute approximate surface area is 171 Å². The predicted octanol–water partition coefficient (Wildman–Crippen LogP) is 4.37. The fourth-order valence-corrected chi connectivity index (χ4v) is 4.57. The second-order valence-corrected chi connectivity index (χ2v) is 8.46. The van der Waals surface area contributed by atoms with E-state index in [2.05, 4.69) is 0 Å². The summed E-state index contributed by atoms with van der Waals surface area (Å²) in [5.41, 5.74) is 3.61. The Balaban J connectivity index is 1.38. The van der Waals surface area contributed by atoms with E-state index in [1.165, 1.54) is 11.6 Å². The van der Waals surface area contributed by atoms with Gasteiger partial charge >= 0.3 is 0 Å². The van der Waals surface area contributed by atoms with E-state index in [-0.39, 0.29) is 23.7 Å². The number of benzene rings is 2. The van der Waals surface area contributed by atoms with Gasteiger partial charge in [-0.3, -0.25) is 9.69 Å². The van der Waals surface area contributed by atoms with Crippen molar-refractivity contribution < 1.29 is 13.6 Å². The summed E-state index contributed by atoms with van der Waals surface area (Å²) in [6.45, 7) is 5.81. The first-order valence-electron chi connectivity index (χ1n) is 10.4. The molecule has 2 fully saturated rings. The van der Waals surface area contributed by atoms with E-state index in [9.17, 15) is 13.6 Å². The maximum atomic E-state index is 15.0. The molecular weight excluding hydrogens is 370 g/mol. The van der Waals surface area contributed by atoms with Gasteiger partial charge in [0.2, 0.25) is 5.91 Å². The molecule has 0 unspecified atom stereocenters. The third kappa shape index (κ3) is 4.20. The highest BCUT2D eigenvalue weighted by molar-refractivity contribution is 5.84. The lowest BCUT2D eigenvalue weighted by atomic mass is 9.87. The molecule has 1 amide bonds. The Hall–Kier alpha value is -2.27. The van der Waals surface area contributed by atoms with Gasteiger partial charge in [-0.1, -0.05) is 42.0 Å². The number of nitrogens with zero attached hydrogens (tertiary/aromatic N) is 2. The molecule has 5 heteroatoms. The normalized spacial score (nSPS) is 25.6. The Kier molecular flexibility index (Phi) is 5.68. The number of hydrogen-bond acceptors (Lipinski definition) is 2. The molecule has 0 N–H and O–H groups in total. The van der Waals surface area contributed by atoms with Gasteiger partial charge in [-0.2, -0.15) is 0 Å². The van der Waals surface area contributed by atoms with Crippen LogP contribution in [-0.2, 0) is 11.3 Å². The number of halogens is 2. The number of carbonyl (C=O) groups excluding carboxylic acids is 1. The molecule has 0 radical (unpaired) electrons. The molecule has 0 saturated carbocycles. The Bertz CT molecular complexity index is 883. The highest BCUT2D eigenvalue weighted by Crippen LogP contribution is 2.33. The van der Waals surface area contributed by atoms with Gasteiger partial charge in [-0.05, 0) is 56.0 Å². The van der Waals surface area contributed by atoms with Crippen molar-refractivity contribution >= 4 is 5.91 Å². The third-order valence-electron chi connectivity index (χ3n) is 6.40. The molecule has 2 heterocycles. The SMILES string of the molecule is Cc1ccc([C@H]2CCN([C@@H]3CCN(Cc4ccc(C)c(F)c4)C3=O)C[C@@H]2F)cc1. The van der Waals surface area contributed by atoms with E-state index in [1.54, 1.807) is 17.9 Å². The Morgan fingerprint density at radius 3 is 2.48 bits per heavy atom. The number of carbonyl (C=O) groups is 1. The molecule has 0 bridgehead atoms. The van der Waals surface area contributed by atoms with Gasteiger partial charge in [-0.25, -0.2) is 8.78 Å². The number of hydrogen-bond donors (Lipinski definition) is 0. The van der Waals surface area contributed by atoms with Gasteiger partial charge in [0.25, 0.3) is 0 Å². The maximum absolute atomic E-state index is 15.0. The van der Waals surface area contributed by atoms with E-state index < -0.39 is 6.17 Å². The van der Waals surface area contributed by atoms with Crippen LogP contribution < -0.4 is 0 Å². The molecule has 0 aliphatic carbocycles. The minimum Gasteiger partial charge on any atom is -0.337 e. The van der Waals surface area contributed by atoms with Crippen molar-refractivity contribution in [2.24, 2.45) is 0 Å². The van der Waals surface area contributed by atoms with Crippen molar-refractivity contribution in [1.29, 1.82) is 0 Å². The molecule has 2 aliphatic heterocycles. The first-order chi connectivity index (χ1) is 13.9. The Morgan fingerprint density at radius 2 is 1.79 bits per heavy atom. The Morgan fingerprint density at radius 1 is 1.03 bits per heavy atom. The van der Waals surface area contributed by atoms with Gasteiger partial charge in [0.05, 0.1) is 6.04 Å². The van der Waals surface area contributed by atoms with Crippen molar-refractivity contribution in [3.05, 3.63) is 70.5 Å². The molecule has 0 spiro atoms. The zero-order valence-corrected chi connectivity index (χ0v) is 17.1. The van der Waals surface area contributed by atoms with Crippen LogP contribution in [0.3, 0.4) is 0 Å². The van der Waals surface area contributed by atoms with Crippen LogP contribution in [0.2, 0.25) is 0 Å². The third-order valence-corrected chi connectivity index (χ3v) is 6.40. The highest BCUT2D eigenvalue weighted by atomic mass is 19.1. The van der Waals surface area contributed by atoms with Crippen LogP contribution in [0, 0.1) is 19.7 Å². The van der Waals surface area contributed by atoms with Gasteiger partial charge in [0, 0.05) is 25.6 Å². The molecule has 2 aliphatic rings. The van der Waals surface area contributed by atoms with E-state index in [0.29, 0.717) is 31.6 Å². The number of alkyl halides is 1. The van der Waals surface area contributed by atoms with Gasteiger partial charge < -0.3 is 4.90 Å². The van der Waals surface area contributed by atoms with E-state index in [1.807, 2.05) is 42.2 Å². The molecule has 3 nitrogen and oxygen atoms in total. The molecule has 29 heavy (non-hydrogen) atoms. The number of rotatable bonds is 4. The molecule has 0 aromatic heterocycles. The monoisotopic (exact) mass is 398 g/mol. The first-order valence-corrected chi connectivity index (χ1v) is 10.4. The fraction of sp³-hybridized carbons (Fsp3) is 0.458. The van der Waals surface area contributed by atoms with Crippen molar-refractivity contribution in [2.45, 2.75) is 51.4 Å². The quantitative estimate of drug-likeness (QED) is 0.764. The van der Waals surface area contributed by atoms with Crippen LogP contribution in [0.25, 0.3) is 0 Å². The summed E-state index contributed by atoms with van der Waals surface area (Å²) in [7, 11) is 0. The standard InChI is InChI=1S/C24H28F2N2O/c1-16-3-7-19(8-4-16)20-9-11-27(15-22(20)26)23-10-12-28(24(23)29)14-18-6-5-17(2)21(25)13-18/h3-8,13,20,22-23H,9-12,14-15H2,1-2H3/t20-,22+,23-/m1/s1. The average molecular weight is 398 g/mol. The lowest BCUT2D eigenvalue weighted by Gasteiger charge is -2.37. The molecular formula is C24H28F2N2O. The minimum atomic E-state index is -0.973. The minimum absolute atomic E-state index is 0.0342. The molecule has 2 saturated heterocycles. The average Bonchev–Trinajstić information content (AvgIpc) is 3.06. The van der Waals surface area contributed by atoms with Crippen LogP contribution in [-0.4, -0.2) is 47.6 Å². The fourth-order valence-electron chi connectivity index (χ4n) is 4.57. The number of aryl methyl sites for hydroxylation is 2. The lowest BCUT2D eigenvalue weighted by Crippen LogP contribution is -2.49. The number of amides is 1. The lowest BCUT2D eigenvalue weighted by molar-refractivity contribution is -0.133. The molecule has 4 rings (SSSR count). The zero-order valence-electron chi connectivity index (χ0n) is 17.1. The summed E-state index contributed by atoms with van der Waals surface area (Å²) in [6, 6.07) is 12.9. The van der Waals surface area contributed by atoms with Crippen LogP contribution in [0.4, 0.5) is 8.78 Å². The smallest absolute Gasteiger partial charge is 0.240 e. The topological polar surface area (TPSA) is 23.6 Å². The van der Waals surface area contributed by atoms with Crippen molar-refractivity contribution in [3.8, 4) is 0 Å². The van der Waals surface area contributed by atoms with E-state index in [0.717, 1.165) is 24.1 Å². The number of likely N-dealkylation sites (tertiary alicyclic amines) is 2. The summed E-state index contributed by atoms with van der Waals surface area (Å²) >= 11 is 0. The van der Waals surface area contributed by atoms with E-state index >= 15 is 0 Å². The van der Waals surface area contributed by atoms with Gasteiger partial charge in [-0.15, -0.1) is 0 Å². The summed E-state index contributed by atoms with van der Waals surface area (Å²) < 4.78 is 28.8. The van der Waals surface area contributed by atoms with Gasteiger partial charge in [0.15, 0.2) is 0 Å². The summed E-state index contributed by atoms with van der Waals surface area (Å²) in [5.74, 6) is -0.314. The van der Waals surface area contributed by atoms with Crippen molar-refractivity contribution in [3.63, 3.8) is 0 Å². The van der Waals surface area contributed by atoms with Gasteiger partial charge in [0.1, 0.15) is 12.0 Å².